The fourth-order valence-electron chi connectivity index (χ4n) is 1.93. The number of hydrogen-bond donors (Lipinski definition) is 5. The normalized spacial score (nSPS) is 12.2. The largest absolute Gasteiger partial charge is 0.480 e. The van der Waals surface area contributed by atoms with E-state index in [1.165, 1.54) is 31.2 Å². The Kier molecular flexibility index (Phi) is 7.33. The van der Waals surface area contributed by atoms with Crippen LogP contribution in [0.3, 0.4) is 0 Å². The molecule has 0 aliphatic rings. The Hall–Kier alpha value is -2.66. The maximum absolute atomic E-state index is 12.3. The van der Waals surface area contributed by atoms with E-state index in [1.807, 2.05) is 0 Å². The van der Waals surface area contributed by atoms with Crippen LogP contribution >= 0.6 is 0 Å². The van der Waals surface area contributed by atoms with Gasteiger partial charge in [0, 0.05) is 19.2 Å². The van der Waals surface area contributed by atoms with Gasteiger partial charge in [0.1, 0.15) is 6.04 Å². The zero-order chi connectivity index (χ0) is 19.0. The summed E-state index contributed by atoms with van der Waals surface area (Å²) in [6, 6.07) is 3.19. The van der Waals surface area contributed by atoms with Crippen molar-refractivity contribution >= 4 is 33.6 Å². The Labute approximate surface area is 144 Å². The van der Waals surface area contributed by atoms with Crippen molar-refractivity contribution < 1.29 is 27.9 Å². The number of carbonyl (C=O) groups excluding carboxylic acids is 2. The number of carbonyl (C=O) groups is 3. The first kappa shape index (κ1) is 20.4. The van der Waals surface area contributed by atoms with Gasteiger partial charge in [0.05, 0.1) is 4.90 Å². The van der Waals surface area contributed by atoms with Crippen LogP contribution in [-0.2, 0) is 19.6 Å². The molecule has 3 amide bonds. The van der Waals surface area contributed by atoms with Gasteiger partial charge >= 0.3 is 12.0 Å². The molecule has 1 rings (SSSR count). The highest BCUT2D eigenvalue weighted by Gasteiger charge is 2.25. The zero-order valence-electron chi connectivity index (χ0n) is 13.5. The summed E-state index contributed by atoms with van der Waals surface area (Å²) in [6.07, 6.45) is 0.197. The minimum atomic E-state index is -4.06. The van der Waals surface area contributed by atoms with Crippen LogP contribution in [0.2, 0.25) is 0 Å². The summed E-state index contributed by atoms with van der Waals surface area (Å²) in [6.45, 7) is 1.45. The molecule has 0 saturated carbocycles. The number of hydrogen-bond acceptors (Lipinski definition) is 5. The molecule has 0 aromatic heterocycles. The number of aliphatic carboxylic acids is 1. The number of urea groups is 1. The molecular weight excluding hydrogens is 352 g/mol. The van der Waals surface area contributed by atoms with Crippen LogP contribution in [-0.4, -0.2) is 44.0 Å². The highest BCUT2D eigenvalue weighted by Crippen LogP contribution is 2.15. The number of carboxylic acids is 1. The van der Waals surface area contributed by atoms with Gasteiger partial charge in [0.2, 0.25) is 15.9 Å². The zero-order valence-corrected chi connectivity index (χ0v) is 14.3. The Morgan fingerprint density at radius 3 is 2.28 bits per heavy atom. The minimum absolute atomic E-state index is 0.0289. The number of nitrogens with two attached hydrogens (primary N) is 1. The number of nitrogens with one attached hydrogen (secondary N) is 3. The Morgan fingerprint density at radius 2 is 1.80 bits per heavy atom. The second kappa shape index (κ2) is 8.99. The molecule has 0 spiro atoms. The van der Waals surface area contributed by atoms with Gasteiger partial charge in [-0.15, -0.1) is 0 Å². The van der Waals surface area contributed by atoms with Crippen molar-refractivity contribution in [3.05, 3.63) is 24.3 Å². The molecule has 10 nitrogen and oxygen atoms in total. The van der Waals surface area contributed by atoms with E-state index in [-0.39, 0.29) is 30.2 Å². The van der Waals surface area contributed by atoms with Gasteiger partial charge in [-0.3, -0.25) is 9.59 Å². The van der Waals surface area contributed by atoms with Crippen molar-refractivity contribution in [2.45, 2.75) is 30.7 Å². The highest BCUT2D eigenvalue weighted by molar-refractivity contribution is 7.89. The topological polar surface area (TPSA) is 168 Å². The Bertz CT molecular complexity index is 732. The molecule has 0 aliphatic heterocycles. The van der Waals surface area contributed by atoms with Gasteiger partial charge in [-0.1, -0.05) is 0 Å². The van der Waals surface area contributed by atoms with Gasteiger partial charge in [0.15, 0.2) is 0 Å². The van der Waals surface area contributed by atoms with Crippen LogP contribution in [0.15, 0.2) is 29.2 Å². The predicted octanol–water partition coefficient (Wildman–Crippen LogP) is -0.175. The fourth-order valence-corrected chi connectivity index (χ4v) is 3.15. The van der Waals surface area contributed by atoms with Crippen molar-refractivity contribution in [2.24, 2.45) is 5.73 Å². The minimum Gasteiger partial charge on any atom is -0.480 e. The summed E-state index contributed by atoms with van der Waals surface area (Å²) < 4.78 is 26.6. The van der Waals surface area contributed by atoms with E-state index in [0.29, 0.717) is 5.69 Å². The fraction of sp³-hybridized carbons (Fsp3) is 0.357. The van der Waals surface area contributed by atoms with Gasteiger partial charge in [-0.2, -0.15) is 4.72 Å². The molecule has 6 N–H and O–H groups in total. The van der Waals surface area contributed by atoms with Gasteiger partial charge in [-0.05, 0) is 37.1 Å². The van der Waals surface area contributed by atoms with E-state index < -0.39 is 28.1 Å². The third-order valence-corrected chi connectivity index (χ3v) is 4.54. The molecule has 0 heterocycles. The van der Waals surface area contributed by atoms with Crippen molar-refractivity contribution in [2.75, 3.05) is 11.9 Å². The molecule has 0 unspecified atom stereocenters. The first-order chi connectivity index (χ1) is 11.6. The summed E-state index contributed by atoms with van der Waals surface area (Å²) in [7, 11) is -4.06. The van der Waals surface area contributed by atoms with Crippen LogP contribution in [0, 0.1) is 0 Å². The smallest absolute Gasteiger partial charge is 0.321 e. The average Bonchev–Trinajstić information content (AvgIpc) is 2.49. The Morgan fingerprint density at radius 1 is 1.20 bits per heavy atom. The molecule has 0 fully saturated rings. The summed E-state index contributed by atoms with van der Waals surface area (Å²) in [5, 5.41) is 13.9. The Balaban J connectivity index is 2.76. The number of carboxylic acid groups (broad SMARTS) is 1. The summed E-state index contributed by atoms with van der Waals surface area (Å²) >= 11 is 0. The third kappa shape index (κ3) is 7.18. The number of sulfonamides is 1. The van der Waals surface area contributed by atoms with Crippen molar-refractivity contribution in [3.8, 4) is 0 Å². The number of amides is 3. The van der Waals surface area contributed by atoms with Gasteiger partial charge in [0.25, 0.3) is 0 Å². The van der Waals surface area contributed by atoms with Crippen LogP contribution < -0.4 is 21.1 Å². The number of rotatable bonds is 9. The molecule has 11 heteroatoms. The lowest BCUT2D eigenvalue weighted by molar-refractivity contribution is -0.139. The molecular formula is C14H20N4O6S. The summed E-state index contributed by atoms with van der Waals surface area (Å²) in [5.41, 5.74) is 5.30. The maximum Gasteiger partial charge on any atom is 0.321 e. The van der Waals surface area contributed by atoms with E-state index in [9.17, 15) is 22.8 Å². The maximum atomic E-state index is 12.3. The van der Waals surface area contributed by atoms with E-state index in [1.54, 1.807) is 0 Å². The average molecular weight is 372 g/mol. The summed E-state index contributed by atoms with van der Waals surface area (Å²) in [5.74, 6) is -1.64. The van der Waals surface area contributed by atoms with E-state index in [0.717, 1.165) is 0 Å². The molecule has 138 valence electrons. The van der Waals surface area contributed by atoms with Crippen LogP contribution in [0.5, 0.6) is 0 Å². The highest BCUT2D eigenvalue weighted by atomic mass is 32.2. The van der Waals surface area contributed by atoms with E-state index in [2.05, 4.69) is 15.4 Å². The molecule has 1 atom stereocenters. The lowest BCUT2D eigenvalue weighted by atomic mass is 10.2. The first-order valence-electron chi connectivity index (χ1n) is 7.28. The van der Waals surface area contributed by atoms with Gasteiger partial charge in [-0.25, -0.2) is 13.2 Å². The molecule has 0 saturated heterocycles. The van der Waals surface area contributed by atoms with Crippen LogP contribution in [0.25, 0.3) is 0 Å². The molecule has 0 aliphatic carbocycles. The molecule has 25 heavy (non-hydrogen) atoms. The molecule has 0 bridgehead atoms. The number of benzene rings is 1. The van der Waals surface area contributed by atoms with Crippen molar-refractivity contribution in [1.82, 2.24) is 10.0 Å². The quantitative estimate of drug-likeness (QED) is 0.377. The molecule has 1 aromatic carbocycles. The summed E-state index contributed by atoms with van der Waals surface area (Å²) in [4.78, 5) is 32.6. The number of primary amides is 1. The number of anilines is 1. The van der Waals surface area contributed by atoms with Crippen LogP contribution in [0.4, 0.5) is 10.5 Å². The standard InChI is InChI=1S/C14H20N4O6S/c1-9(19)17-10-4-6-11(7-5-10)25(23,24)18-12(13(20)21)3-2-8-16-14(15)22/h4-7,12,18H,2-3,8H2,1H3,(H,17,19)(H,20,21)(H3,15,16,22)/t12-/m1/s1. The lowest BCUT2D eigenvalue weighted by Gasteiger charge is -2.15. The first-order valence-corrected chi connectivity index (χ1v) is 8.76. The predicted molar refractivity (Wildman–Crippen MR) is 89.3 cm³/mol. The van der Waals surface area contributed by atoms with Crippen molar-refractivity contribution in [3.63, 3.8) is 0 Å². The molecule has 1 aromatic rings. The SMILES string of the molecule is CC(=O)Nc1ccc(S(=O)(=O)N[C@H](CCCNC(N)=O)C(=O)O)cc1. The third-order valence-electron chi connectivity index (χ3n) is 3.05. The monoisotopic (exact) mass is 372 g/mol. The second-order valence-corrected chi connectivity index (χ2v) is 6.86. The lowest BCUT2D eigenvalue weighted by Crippen LogP contribution is -2.41. The van der Waals surface area contributed by atoms with E-state index >= 15 is 0 Å². The van der Waals surface area contributed by atoms with Crippen molar-refractivity contribution in [1.29, 1.82) is 0 Å². The van der Waals surface area contributed by atoms with E-state index in [4.69, 9.17) is 10.8 Å². The molecule has 0 radical (unpaired) electrons. The van der Waals surface area contributed by atoms with Gasteiger partial charge < -0.3 is 21.5 Å². The van der Waals surface area contributed by atoms with Crippen LogP contribution in [0.1, 0.15) is 19.8 Å². The second-order valence-electron chi connectivity index (χ2n) is 5.15.